The van der Waals surface area contributed by atoms with Crippen LogP contribution in [-0.2, 0) is 20.2 Å². The number of nitrogens with one attached hydrogen (secondary N) is 2. The number of aliphatic carboxylic acids is 1. The number of hydrogen-bond donors (Lipinski definition) is 3. The maximum atomic E-state index is 12.0. The smallest absolute Gasteiger partial charge is 0.314 e. The third-order valence-corrected chi connectivity index (χ3v) is 4.92. The molecule has 0 radical (unpaired) electrons. The number of aromatic nitrogens is 2. The molecule has 1 aromatic carbocycles. The van der Waals surface area contributed by atoms with Crippen LogP contribution < -0.4 is 4.72 Å². The molecule has 2 aromatic rings. The minimum Gasteiger partial charge on any atom is -0.481 e. The van der Waals surface area contributed by atoms with E-state index in [4.69, 9.17) is 0 Å². The lowest BCUT2D eigenvalue weighted by atomic mass is 9.96. The van der Waals surface area contributed by atoms with Gasteiger partial charge in [-0.15, -0.1) is 0 Å². The van der Waals surface area contributed by atoms with Gasteiger partial charge in [-0.05, 0) is 36.6 Å². The van der Waals surface area contributed by atoms with E-state index < -0.39 is 21.4 Å². The van der Waals surface area contributed by atoms with Crippen LogP contribution in [0, 0.1) is 0 Å². The van der Waals surface area contributed by atoms with Gasteiger partial charge >= 0.3 is 5.97 Å². The highest BCUT2D eigenvalue weighted by Gasteiger charge is 2.51. The molecule has 0 unspecified atom stereocenters. The molecule has 7 nitrogen and oxygen atoms in total. The summed E-state index contributed by atoms with van der Waals surface area (Å²) >= 11 is 0. The first-order valence-electron chi connectivity index (χ1n) is 6.30. The van der Waals surface area contributed by atoms with Gasteiger partial charge in [-0.1, -0.05) is 12.1 Å². The minimum absolute atomic E-state index is 0.0317. The summed E-state index contributed by atoms with van der Waals surface area (Å²) in [5.74, 6) is -0.840. The average Bonchev–Trinajstić information content (AvgIpc) is 3.06. The van der Waals surface area contributed by atoms with Crippen molar-refractivity contribution in [3.8, 4) is 0 Å². The van der Waals surface area contributed by atoms with Crippen LogP contribution in [0.3, 0.4) is 0 Å². The van der Waals surface area contributed by atoms with E-state index in [1.54, 1.807) is 24.3 Å². The van der Waals surface area contributed by atoms with Gasteiger partial charge in [0.15, 0.2) is 5.03 Å². The molecule has 1 saturated carbocycles. The van der Waals surface area contributed by atoms with Crippen molar-refractivity contribution in [3.63, 3.8) is 0 Å². The number of benzene rings is 1. The Labute approximate surface area is 121 Å². The number of aromatic amines is 1. The second-order valence-corrected chi connectivity index (χ2v) is 6.64. The van der Waals surface area contributed by atoms with Gasteiger partial charge in [-0.25, -0.2) is 0 Å². The van der Waals surface area contributed by atoms with Crippen LogP contribution in [-0.4, -0.2) is 29.7 Å². The molecule has 1 heterocycles. The Morgan fingerprint density at radius 2 is 1.90 bits per heavy atom. The number of rotatable bonds is 5. The van der Waals surface area contributed by atoms with E-state index in [1.807, 2.05) is 0 Å². The van der Waals surface area contributed by atoms with E-state index in [0.29, 0.717) is 24.1 Å². The van der Waals surface area contributed by atoms with Gasteiger partial charge < -0.3 is 5.11 Å². The quantitative estimate of drug-likeness (QED) is 0.771. The lowest BCUT2D eigenvalue weighted by molar-refractivity contribution is -0.140. The van der Waals surface area contributed by atoms with E-state index in [-0.39, 0.29) is 5.03 Å². The number of H-pyrrole nitrogens is 1. The van der Waals surface area contributed by atoms with Crippen LogP contribution in [0.5, 0.6) is 0 Å². The van der Waals surface area contributed by atoms with Gasteiger partial charge in [0.1, 0.15) is 0 Å². The first kappa shape index (κ1) is 13.6. The zero-order valence-corrected chi connectivity index (χ0v) is 11.7. The fraction of sp³-hybridized carbons (Fsp3) is 0.231. The van der Waals surface area contributed by atoms with Crippen LogP contribution in [0.2, 0.25) is 0 Å². The van der Waals surface area contributed by atoms with Gasteiger partial charge in [0.25, 0.3) is 10.0 Å². The summed E-state index contributed by atoms with van der Waals surface area (Å²) in [6.07, 6.45) is 2.57. The molecule has 0 aliphatic heterocycles. The lowest BCUT2D eigenvalue weighted by Crippen LogP contribution is -2.19. The number of carboxylic acid groups (broad SMARTS) is 1. The molecule has 110 valence electrons. The van der Waals surface area contributed by atoms with E-state index in [0.717, 1.165) is 0 Å². The fourth-order valence-electron chi connectivity index (χ4n) is 2.21. The molecule has 0 saturated heterocycles. The molecule has 8 heteroatoms. The molecule has 1 aromatic heterocycles. The summed E-state index contributed by atoms with van der Waals surface area (Å²) in [6, 6.07) is 7.76. The standard InChI is InChI=1S/C13H13N3O4S/c17-12(18)13(6-7-13)9-1-3-10(4-2-9)16-21(19,20)11-5-8-14-15-11/h1-5,8,16H,6-7H2,(H,14,15)(H,17,18). The normalized spacial score (nSPS) is 16.4. The Balaban J connectivity index is 1.81. The molecule has 0 atom stereocenters. The average molecular weight is 307 g/mol. The molecule has 0 bridgehead atoms. The van der Waals surface area contributed by atoms with Crippen molar-refractivity contribution in [2.45, 2.75) is 23.3 Å². The Kier molecular flexibility index (Phi) is 2.98. The van der Waals surface area contributed by atoms with E-state index >= 15 is 0 Å². The SMILES string of the molecule is O=C(O)C1(c2ccc(NS(=O)(=O)c3ccn[nH]3)cc2)CC1. The molecule has 3 N–H and O–H groups in total. The van der Waals surface area contributed by atoms with Gasteiger partial charge in [0.2, 0.25) is 0 Å². The predicted molar refractivity (Wildman–Crippen MR) is 74.4 cm³/mol. The van der Waals surface area contributed by atoms with Crippen molar-refractivity contribution in [3.05, 3.63) is 42.1 Å². The van der Waals surface area contributed by atoms with E-state index in [1.165, 1.54) is 12.3 Å². The van der Waals surface area contributed by atoms with Gasteiger partial charge in [-0.2, -0.15) is 13.5 Å². The fourth-order valence-corrected chi connectivity index (χ4v) is 3.18. The summed E-state index contributed by atoms with van der Waals surface area (Å²) in [5, 5.41) is 15.2. The van der Waals surface area contributed by atoms with Crippen LogP contribution >= 0.6 is 0 Å². The molecule has 0 spiro atoms. The van der Waals surface area contributed by atoms with Crippen molar-refractivity contribution >= 4 is 21.7 Å². The van der Waals surface area contributed by atoms with Crippen molar-refractivity contribution < 1.29 is 18.3 Å². The number of carbonyl (C=O) groups is 1. The molecular weight excluding hydrogens is 294 g/mol. The number of nitrogens with zero attached hydrogens (tertiary/aromatic N) is 1. The maximum absolute atomic E-state index is 12.0. The van der Waals surface area contributed by atoms with Crippen molar-refractivity contribution in [2.24, 2.45) is 0 Å². The Morgan fingerprint density at radius 3 is 2.38 bits per heavy atom. The Morgan fingerprint density at radius 1 is 1.24 bits per heavy atom. The van der Waals surface area contributed by atoms with Gasteiger partial charge in [0.05, 0.1) is 11.6 Å². The number of carboxylic acids is 1. The summed E-state index contributed by atoms with van der Waals surface area (Å²) in [5.41, 5.74) is 0.273. The van der Waals surface area contributed by atoms with Crippen LogP contribution in [0.25, 0.3) is 0 Å². The molecule has 21 heavy (non-hydrogen) atoms. The zero-order chi connectivity index (χ0) is 15.1. The third kappa shape index (κ3) is 2.38. The summed E-state index contributed by atoms with van der Waals surface area (Å²) in [6.45, 7) is 0. The number of sulfonamides is 1. The van der Waals surface area contributed by atoms with Crippen LogP contribution in [0.15, 0.2) is 41.6 Å². The maximum Gasteiger partial charge on any atom is 0.314 e. The first-order chi connectivity index (χ1) is 9.94. The van der Waals surface area contributed by atoms with E-state index in [2.05, 4.69) is 14.9 Å². The summed E-state index contributed by atoms with van der Waals surface area (Å²) < 4.78 is 26.4. The number of anilines is 1. The van der Waals surface area contributed by atoms with E-state index in [9.17, 15) is 18.3 Å². The highest BCUT2D eigenvalue weighted by Crippen LogP contribution is 2.48. The van der Waals surface area contributed by atoms with Gasteiger partial charge in [-0.3, -0.25) is 14.6 Å². The van der Waals surface area contributed by atoms with Crippen LogP contribution in [0.1, 0.15) is 18.4 Å². The number of hydrogen-bond acceptors (Lipinski definition) is 4. The monoisotopic (exact) mass is 307 g/mol. The highest BCUT2D eigenvalue weighted by molar-refractivity contribution is 7.92. The topological polar surface area (TPSA) is 112 Å². The van der Waals surface area contributed by atoms with Crippen molar-refractivity contribution in [2.75, 3.05) is 4.72 Å². The molecule has 0 amide bonds. The van der Waals surface area contributed by atoms with Crippen molar-refractivity contribution in [1.82, 2.24) is 10.2 Å². The molecular formula is C13H13N3O4S. The Bertz CT molecular complexity index is 762. The minimum atomic E-state index is -3.70. The Hall–Kier alpha value is -2.35. The largest absolute Gasteiger partial charge is 0.481 e. The molecule has 1 aliphatic rings. The molecule has 3 rings (SSSR count). The van der Waals surface area contributed by atoms with Crippen molar-refractivity contribution in [1.29, 1.82) is 0 Å². The summed E-state index contributed by atoms with van der Waals surface area (Å²) in [7, 11) is -3.70. The molecule has 1 aliphatic carbocycles. The van der Waals surface area contributed by atoms with Gasteiger partial charge in [0, 0.05) is 5.69 Å². The third-order valence-electron chi connectivity index (χ3n) is 3.61. The highest BCUT2D eigenvalue weighted by atomic mass is 32.2. The lowest BCUT2D eigenvalue weighted by Gasteiger charge is -2.11. The first-order valence-corrected chi connectivity index (χ1v) is 7.78. The molecule has 1 fully saturated rings. The second kappa shape index (κ2) is 4.59. The van der Waals surface area contributed by atoms with Crippen LogP contribution in [0.4, 0.5) is 5.69 Å². The summed E-state index contributed by atoms with van der Waals surface area (Å²) in [4.78, 5) is 11.2. The zero-order valence-electron chi connectivity index (χ0n) is 10.9. The second-order valence-electron chi connectivity index (χ2n) is 4.99. The predicted octanol–water partition coefficient (Wildman–Crippen LogP) is 1.33.